The summed E-state index contributed by atoms with van der Waals surface area (Å²) in [6, 6.07) is 26.3. The third-order valence-electron chi connectivity index (χ3n) is 6.50. The van der Waals surface area contributed by atoms with Crippen LogP contribution in [0.3, 0.4) is 0 Å². The van der Waals surface area contributed by atoms with Gasteiger partial charge in [0.2, 0.25) is 0 Å². The summed E-state index contributed by atoms with van der Waals surface area (Å²) < 4.78 is 4.15. The molecule has 6 rings (SSSR count). The molecule has 3 aromatic carbocycles. The van der Waals surface area contributed by atoms with Crippen molar-refractivity contribution in [1.82, 2.24) is 10.6 Å². The van der Waals surface area contributed by atoms with Crippen molar-refractivity contribution in [2.24, 2.45) is 14.1 Å². The molecule has 0 atom stereocenters. The van der Waals surface area contributed by atoms with E-state index >= 15 is 0 Å². The zero-order valence-electron chi connectivity index (χ0n) is 19.3. The summed E-state index contributed by atoms with van der Waals surface area (Å²) in [4.78, 5) is 0. The molecule has 3 heterocycles. The minimum atomic E-state index is 1.01. The summed E-state index contributed by atoms with van der Waals surface area (Å²) in [5, 5.41) is 14.1. The fraction of sp³-hybridized carbons (Fsp3) is 0.0667. The molecule has 0 unspecified atom stereocenters. The molecule has 4 nitrogen and oxygen atoms in total. The smallest absolute Gasteiger partial charge is 0.169 e. The Labute approximate surface area is 198 Å². The summed E-state index contributed by atoms with van der Waals surface area (Å²) in [6.07, 6.45) is 12.3. The van der Waals surface area contributed by atoms with E-state index in [1.54, 1.807) is 0 Å². The van der Waals surface area contributed by atoms with Crippen LogP contribution >= 0.6 is 0 Å². The van der Waals surface area contributed by atoms with E-state index in [4.69, 9.17) is 0 Å². The highest BCUT2D eigenvalue weighted by Crippen LogP contribution is 2.23. The highest BCUT2D eigenvalue weighted by Gasteiger charge is 2.16. The Morgan fingerprint density at radius 3 is 1.41 bits per heavy atom. The van der Waals surface area contributed by atoms with E-state index < -0.39 is 0 Å². The van der Waals surface area contributed by atoms with Gasteiger partial charge in [0.1, 0.15) is 19.9 Å². The highest BCUT2D eigenvalue weighted by atomic mass is 15.1. The van der Waals surface area contributed by atoms with Gasteiger partial charge in [0.25, 0.3) is 0 Å². The van der Waals surface area contributed by atoms with Gasteiger partial charge in [-0.25, -0.2) is 9.13 Å². The molecule has 1 aliphatic rings. The standard InChI is InChI=1S/C30H25N4/c1-33-17-11-21(12-18-33)27(22-13-19-34(2)20-14-22)28-23-7-3-5-9-25(23)29(30-31-15-16-32-30)26-10-6-4-8-24(26)28/h3-20H,1-2H3,(H,31,32)/q+1/p+1. The van der Waals surface area contributed by atoms with Gasteiger partial charge in [-0.2, -0.15) is 0 Å². The number of nitrogens with zero attached hydrogens (tertiary/aromatic N) is 2. The van der Waals surface area contributed by atoms with Gasteiger partial charge >= 0.3 is 0 Å². The van der Waals surface area contributed by atoms with Crippen molar-refractivity contribution in [1.29, 1.82) is 0 Å². The molecule has 0 amide bonds. The van der Waals surface area contributed by atoms with Crippen LogP contribution in [-0.2, 0) is 14.1 Å². The molecular weight excluding hydrogens is 416 g/mol. The Bertz CT molecular complexity index is 1580. The number of rotatable bonds is 2. The first-order valence-electron chi connectivity index (χ1n) is 11.5. The van der Waals surface area contributed by atoms with Gasteiger partial charge in [-0.05, 0) is 43.5 Å². The molecule has 0 bridgehead atoms. The predicted molar refractivity (Wildman–Crippen MR) is 136 cm³/mol. The molecule has 0 spiro atoms. The van der Waals surface area contributed by atoms with Crippen molar-refractivity contribution in [3.05, 3.63) is 132 Å². The number of hydrogen-bond acceptors (Lipinski definition) is 2. The highest BCUT2D eigenvalue weighted by molar-refractivity contribution is 6.04. The van der Waals surface area contributed by atoms with Crippen molar-refractivity contribution in [2.75, 3.05) is 0 Å². The van der Waals surface area contributed by atoms with Crippen molar-refractivity contribution < 1.29 is 9.13 Å². The molecule has 0 saturated carbocycles. The van der Waals surface area contributed by atoms with Crippen LogP contribution in [0.1, 0.15) is 11.1 Å². The first-order chi connectivity index (χ1) is 16.7. The van der Waals surface area contributed by atoms with E-state index in [0.717, 1.165) is 5.82 Å². The first kappa shape index (κ1) is 20.2. The quantitative estimate of drug-likeness (QED) is 0.325. The largest absolute Gasteiger partial charge is 0.346 e. The minimum absolute atomic E-state index is 1.01. The summed E-state index contributed by atoms with van der Waals surface area (Å²) in [5.74, 6) is 1.01. The van der Waals surface area contributed by atoms with Crippen LogP contribution in [0.15, 0.2) is 110 Å². The third-order valence-corrected chi connectivity index (χ3v) is 6.50. The molecule has 4 heteroatoms. The van der Waals surface area contributed by atoms with Gasteiger partial charge in [-0.15, -0.1) is 0 Å². The second kappa shape index (κ2) is 8.16. The molecule has 34 heavy (non-hydrogen) atoms. The molecular formula is C30H26N4+2. The number of nitrogens with one attached hydrogen (secondary N) is 2. The summed E-state index contributed by atoms with van der Waals surface area (Å²) in [7, 11) is 4.11. The van der Waals surface area contributed by atoms with Gasteiger partial charge in [-0.1, -0.05) is 48.5 Å². The van der Waals surface area contributed by atoms with Crippen molar-refractivity contribution in [3.63, 3.8) is 0 Å². The second-order valence-electron chi connectivity index (χ2n) is 8.72. The number of hydrogen-bond donors (Lipinski definition) is 2. The van der Waals surface area contributed by atoms with E-state index in [-0.39, 0.29) is 0 Å². The molecule has 0 fully saturated rings. The lowest BCUT2D eigenvalue weighted by Crippen LogP contribution is -2.28. The van der Waals surface area contributed by atoms with Gasteiger partial charge in [0, 0.05) is 41.9 Å². The average Bonchev–Trinajstić information content (AvgIpc) is 3.40. The lowest BCUT2D eigenvalue weighted by molar-refractivity contribution is -0.671. The maximum Gasteiger partial charge on any atom is 0.169 e. The first-order valence-corrected chi connectivity index (χ1v) is 11.5. The van der Waals surface area contributed by atoms with Gasteiger partial charge in [0.05, 0.1) is 0 Å². The van der Waals surface area contributed by atoms with Crippen LogP contribution in [0.25, 0.3) is 32.9 Å². The summed E-state index contributed by atoms with van der Waals surface area (Å²) in [6.45, 7) is 0. The van der Waals surface area contributed by atoms with Crippen LogP contribution in [0.5, 0.6) is 0 Å². The van der Waals surface area contributed by atoms with Crippen LogP contribution in [0.2, 0.25) is 0 Å². The van der Waals surface area contributed by atoms with Crippen LogP contribution in [0, 0.1) is 0 Å². The van der Waals surface area contributed by atoms with Crippen molar-refractivity contribution in [2.45, 2.75) is 0 Å². The van der Waals surface area contributed by atoms with Crippen LogP contribution in [-0.4, -0.2) is 0 Å². The maximum atomic E-state index is 3.39. The Balaban J connectivity index is 1.91. The number of benzene rings is 3. The fourth-order valence-electron chi connectivity index (χ4n) is 4.89. The molecule has 5 aromatic rings. The molecule has 164 valence electrons. The Morgan fingerprint density at radius 2 is 0.971 bits per heavy atom. The molecule has 0 saturated heterocycles. The normalized spacial score (nSPS) is 12.7. The van der Waals surface area contributed by atoms with E-state index in [1.807, 2.05) is 12.4 Å². The van der Waals surface area contributed by atoms with Gasteiger partial charge < -0.3 is 10.6 Å². The Kier molecular flexibility index (Phi) is 4.84. The number of pyridine rings is 2. The van der Waals surface area contributed by atoms with E-state index in [0.29, 0.717) is 0 Å². The van der Waals surface area contributed by atoms with E-state index in [2.05, 4.69) is 131 Å². The minimum Gasteiger partial charge on any atom is -0.346 e. The van der Waals surface area contributed by atoms with E-state index in [9.17, 15) is 0 Å². The van der Waals surface area contributed by atoms with Crippen molar-refractivity contribution in [3.8, 4) is 0 Å². The Hall–Kier alpha value is -4.44. The lowest BCUT2D eigenvalue weighted by atomic mass is 9.90. The topological polar surface area (TPSA) is 31.8 Å². The second-order valence-corrected chi connectivity index (χ2v) is 8.72. The van der Waals surface area contributed by atoms with Gasteiger partial charge in [-0.3, -0.25) is 0 Å². The molecule has 2 aromatic heterocycles. The molecule has 0 aliphatic carbocycles. The molecule has 2 N–H and O–H groups in total. The zero-order chi connectivity index (χ0) is 23.1. The number of fused-ring (bicyclic) bond motifs is 2. The lowest BCUT2D eigenvalue weighted by Gasteiger charge is -2.14. The SMILES string of the molecule is C[n+]1ccc(C(c2cc[n+](C)cc2)=c2c3ccccc3c(=C3NC=CN3)c3ccccc23)cc1. The van der Waals surface area contributed by atoms with Crippen LogP contribution < -0.4 is 30.2 Å². The van der Waals surface area contributed by atoms with E-state index in [1.165, 1.54) is 48.7 Å². The molecule has 0 radical (unpaired) electrons. The molecule has 1 aliphatic heterocycles. The number of aryl methyl sites for hydroxylation is 2. The van der Waals surface area contributed by atoms with Crippen molar-refractivity contribution >= 4 is 32.9 Å². The zero-order valence-corrected chi connectivity index (χ0v) is 19.3. The Morgan fingerprint density at radius 1 is 0.559 bits per heavy atom. The summed E-state index contributed by atoms with van der Waals surface area (Å²) >= 11 is 0. The third kappa shape index (κ3) is 3.32. The monoisotopic (exact) mass is 442 g/mol. The summed E-state index contributed by atoms with van der Waals surface area (Å²) in [5.41, 5.74) is 3.62. The van der Waals surface area contributed by atoms with Gasteiger partial charge in [0.15, 0.2) is 24.8 Å². The number of aromatic nitrogens is 2. The predicted octanol–water partition coefficient (Wildman–Crippen LogP) is 2.62. The van der Waals surface area contributed by atoms with Crippen LogP contribution in [0.4, 0.5) is 0 Å². The fourth-order valence-corrected chi connectivity index (χ4v) is 4.89. The average molecular weight is 443 g/mol. The maximum absolute atomic E-state index is 3.39.